The number of H-pyrrole nitrogens is 1. The molecule has 0 bridgehead atoms. The third-order valence-corrected chi connectivity index (χ3v) is 4.95. The van der Waals surface area contributed by atoms with Gasteiger partial charge in [-0.1, -0.05) is 6.92 Å². The Bertz CT molecular complexity index is 1090. The average molecular weight is 421 g/mol. The van der Waals surface area contributed by atoms with E-state index in [2.05, 4.69) is 30.1 Å². The highest BCUT2D eigenvalue weighted by Gasteiger charge is 2.12. The van der Waals surface area contributed by atoms with E-state index in [-0.39, 0.29) is 17.2 Å². The number of pyridine rings is 1. The number of aromatic amines is 1. The molecule has 0 saturated heterocycles. The van der Waals surface area contributed by atoms with Crippen molar-refractivity contribution in [1.82, 2.24) is 19.9 Å². The van der Waals surface area contributed by atoms with Crippen molar-refractivity contribution in [2.24, 2.45) is 0 Å². The first kappa shape index (κ1) is 22.2. The van der Waals surface area contributed by atoms with Crippen LogP contribution in [0.3, 0.4) is 0 Å². The molecule has 0 aliphatic carbocycles. The molecule has 162 valence electrons. The highest BCUT2D eigenvalue weighted by atomic mass is 16.2. The number of carbonyl (C=O) groups excluding carboxylic acids is 1. The van der Waals surface area contributed by atoms with Gasteiger partial charge < -0.3 is 20.1 Å². The fourth-order valence-electron chi connectivity index (χ4n) is 2.98. The SMILES string of the molecule is CCc1cncc(-c2c[nH]c(=O)c(NC(=O)c3ccc(N(C)CCN(C)C)cc3)c2)n1. The van der Waals surface area contributed by atoms with E-state index in [1.807, 2.05) is 40.2 Å². The van der Waals surface area contributed by atoms with E-state index in [0.29, 0.717) is 16.8 Å². The van der Waals surface area contributed by atoms with Crippen LogP contribution in [0.5, 0.6) is 0 Å². The van der Waals surface area contributed by atoms with Gasteiger partial charge in [-0.2, -0.15) is 0 Å². The van der Waals surface area contributed by atoms with Crippen LogP contribution in [0.2, 0.25) is 0 Å². The Kier molecular flexibility index (Phi) is 7.15. The Balaban J connectivity index is 1.75. The summed E-state index contributed by atoms with van der Waals surface area (Å²) >= 11 is 0. The van der Waals surface area contributed by atoms with Gasteiger partial charge in [0.05, 0.1) is 17.6 Å². The molecule has 0 spiro atoms. The second kappa shape index (κ2) is 9.99. The fourth-order valence-corrected chi connectivity index (χ4v) is 2.98. The van der Waals surface area contributed by atoms with Gasteiger partial charge in [0.25, 0.3) is 11.5 Å². The molecule has 2 heterocycles. The normalized spacial score (nSPS) is 10.9. The van der Waals surface area contributed by atoms with Gasteiger partial charge in [0, 0.05) is 49.3 Å². The number of nitrogens with one attached hydrogen (secondary N) is 2. The first-order valence-corrected chi connectivity index (χ1v) is 10.2. The van der Waals surface area contributed by atoms with Crippen molar-refractivity contribution in [2.45, 2.75) is 13.3 Å². The minimum absolute atomic E-state index is 0.165. The van der Waals surface area contributed by atoms with Gasteiger partial charge in [-0.25, -0.2) is 4.98 Å². The molecule has 0 aliphatic rings. The molecule has 0 atom stereocenters. The van der Waals surface area contributed by atoms with Crippen LogP contribution in [-0.2, 0) is 6.42 Å². The number of likely N-dealkylation sites (N-methyl/N-ethyl adjacent to an activating group) is 2. The molecule has 0 aliphatic heterocycles. The first-order valence-electron chi connectivity index (χ1n) is 10.2. The molecule has 31 heavy (non-hydrogen) atoms. The van der Waals surface area contributed by atoms with E-state index in [1.54, 1.807) is 36.8 Å². The molecule has 1 aromatic carbocycles. The number of benzene rings is 1. The van der Waals surface area contributed by atoms with E-state index >= 15 is 0 Å². The van der Waals surface area contributed by atoms with Gasteiger partial charge in [-0.05, 0) is 50.8 Å². The number of anilines is 2. The summed E-state index contributed by atoms with van der Waals surface area (Å²) < 4.78 is 0. The van der Waals surface area contributed by atoms with Crippen LogP contribution in [0.1, 0.15) is 23.0 Å². The first-order chi connectivity index (χ1) is 14.9. The van der Waals surface area contributed by atoms with Crippen LogP contribution >= 0.6 is 0 Å². The number of rotatable bonds is 8. The van der Waals surface area contributed by atoms with Gasteiger partial charge in [0.2, 0.25) is 0 Å². The third kappa shape index (κ3) is 5.76. The number of carbonyl (C=O) groups is 1. The molecule has 8 nitrogen and oxygen atoms in total. The lowest BCUT2D eigenvalue weighted by Crippen LogP contribution is -2.28. The monoisotopic (exact) mass is 420 g/mol. The third-order valence-electron chi connectivity index (χ3n) is 4.95. The number of amides is 1. The lowest BCUT2D eigenvalue weighted by Gasteiger charge is -2.21. The molecule has 0 fully saturated rings. The molecule has 0 unspecified atom stereocenters. The maximum Gasteiger partial charge on any atom is 0.271 e. The zero-order valence-corrected chi connectivity index (χ0v) is 18.3. The van der Waals surface area contributed by atoms with Crippen molar-refractivity contribution >= 4 is 17.3 Å². The number of aryl methyl sites for hydroxylation is 1. The Hall–Kier alpha value is -3.52. The minimum Gasteiger partial charge on any atom is -0.373 e. The van der Waals surface area contributed by atoms with Crippen LogP contribution in [0.25, 0.3) is 11.3 Å². The lowest BCUT2D eigenvalue weighted by atomic mass is 10.1. The summed E-state index contributed by atoms with van der Waals surface area (Å²) in [4.78, 5) is 40.6. The molecule has 3 rings (SSSR count). The van der Waals surface area contributed by atoms with Crippen LogP contribution in [0, 0.1) is 0 Å². The zero-order chi connectivity index (χ0) is 22.4. The summed E-state index contributed by atoms with van der Waals surface area (Å²) in [6.45, 7) is 3.81. The van der Waals surface area contributed by atoms with Crippen molar-refractivity contribution in [3.05, 3.63) is 70.5 Å². The van der Waals surface area contributed by atoms with Crippen LogP contribution in [0.4, 0.5) is 11.4 Å². The molecule has 1 amide bonds. The summed E-state index contributed by atoms with van der Waals surface area (Å²) in [7, 11) is 6.08. The summed E-state index contributed by atoms with van der Waals surface area (Å²) in [6, 6.07) is 8.92. The molecular formula is C23H28N6O2. The van der Waals surface area contributed by atoms with Crippen molar-refractivity contribution in [3.63, 3.8) is 0 Å². The van der Waals surface area contributed by atoms with Crippen LogP contribution in [-0.4, -0.2) is 60.0 Å². The lowest BCUT2D eigenvalue weighted by molar-refractivity contribution is 0.102. The van der Waals surface area contributed by atoms with Gasteiger partial charge in [0.1, 0.15) is 5.69 Å². The quantitative estimate of drug-likeness (QED) is 0.582. The Morgan fingerprint density at radius 3 is 2.52 bits per heavy atom. The summed E-state index contributed by atoms with van der Waals surface area (Å²) in [5, 5.41) is 2.70. The predicted octanol–water partition coefficient (Wildman–Crippen LogP) is 2.64. The van der Waals surface area contributed by atoms with Crippen molar-refractivity contribution in [3.8, 4) is 11.3 Å². The number of nitrogens with zero attached hydrogens (tertiary/aromatic N) is 4. The summed E-state index contributed by atoms with van der Waals surface area (Å²) in [6.07, 6.45) is 5.66. The van der Waals surface area contributed by atoms with Gasteiger partial charge >= 0.3 is 0 Å². The van der Waals surface area contributed by atoms with E-state index in [4.69, 9.17) is 0 Å². The Labute approximate surface area is 182 Å². The van der Waals surface area contributed by atoms with Crippen LogP contribution < -0.4 is 15.8 Å². The molecule has 8 heteroatoms. The standard InChI is InChI=1S/C23H28N6O2/c1-5-18-14-24-15-21(26-18)17-12-20(23(31)25-13-17)27-22(30)16-6-8-19(9-7-16)29(4)11-10-28(2)3/h6-9,12-15H,5,10-11H2,1-4H3,(H,25,31)(H,27,30). The Morgan fingerprint density at radius 2 is 1.84 bits per heavy atom. The fraction of sp³-hybridized carbons (Fsp3) is 0.304. The zero-order valence-electron chi connectivity index (χ0n) is 18.3. The van der Waals surface area contributed by atoms with E-state index in [1.165, 1.54) is 0 Å². The van der Waals surface area contributed by atoms with E-state index < -0.39 is 0 Å². The van der Waals surface area contributed by atoms with Gasteiger partial charge in [-0.15, -0.1) is 0 Å². The molecule has 0 saturated carbocycles. The average Bonchev–Trinajstić information content (AvgIpc) is 2.79. The molecule has 3 aromatic rings. The Morgan fingerprint density at radius 1 is 1.10 bits per heavy atom. The molecular weight excluding hydrogens is 392 g/mol. The van der Waals surface area contributed by atoms with Crippen molar-refractivity contribution in [2.75, 3.05) is 44.4 Å². The van der Waals surface area contributed by atoms with Crippen LogP contribution in [0.15, 0.2) is 53.7 Å². The topological polar surface area (TPSA) is 94.2 Å². The second-order valence-electron chi connectivity index (χ2n) is 7.61. The highest BCUT2D eigenvalue weighted by molar-refractivity contribution is 6.04. The number of hydrogen-bond acceptors (Lipinski definition) is 6. The summed E-state index contributed by atoms with van der Waals surface area (Å²) in [5.74, 6) is -0.349. The minimum atomic E-state index is -0.378. The van der Waals surface area contributed by atoms with Gasteiger partial charge in [0.15, 0.2) is 0 Å². The molecule has 0 radical (unpaired) electrons. The second-order valence-corrected chi connectivity index (χ2v) is 7.61. The predicted molar refractivity (Wildman–Crippen MR) is 124 cm³/mol. The molecule has 2 N–H and O–H groups in total. The summed E-state index contributed by atoms with van der Waals surface area (Å²) in [5.41, 5.74) is 3.45. The van der Waals surface area contributed by atoms with Gasteiger partial charge in [-0.3, -0.25) is 14.6 Å². The maximum atomic E-state index is 12.7. The largest absolute Gasteiger partial charge is 0.373 e. The number of aromatic nitrogens is 3. The highest BCUT2D eigenvalue weighted by Crippen LogP contribution is 2.18. The smallest absolute Gasteiger partial charge is 0.271 e. The van der Waals surface area contributed by atoms with E-state index in [9.17, 15) is 9.59 Å². The molecule has 2 aromatic heterocycles. The number of hydrogen-bond donors (Lipinski definition) is 2. The van der Waals surface area contributed by atoms with Crippen molar-refractivity contribution in [1.29, 1.82) is 0 Å². The van der Waals surface area contributed by atoms with Crippen molar-refractivity contribution < 1.29 is 4.79 Å². The maximum absolute atomic E-state index is 12.7. The van der Waals surface area contributed by atoms with E-state index in [0.717, 1.165) is 30.9 Å².